The van der Waals surface area contributed by atoms with Crippen molar-refractivity contribution in [2.24, 2.45) is 5.41 Å². The Kier molecular flexibility index (Phi) is 4.69. The highest BCUT2D eigenvalue weighted by atomic mass is 16.5. The maximum atomic E-state index is 10.2. The highest BCUT2D eigenvalue weighted by Crippen LogP contribution is 2.41. The summed E-state index contributed by atoms with van der Waals surface area (Å²) in [5.74, 6) is 0. The predicted octanol–water partition coefficient (Wildman–Crippen LogP) is 3.31. The van der Waals surface area contributed by atoms with Crippen molar-refractivity contribution in [2.45, 2.75) is 58.6 Å². The van der Waals surface area contributed by atoms with Crippen LogP contribution in [0.4, 0.5) is 0 Å². The van der Waals surface area contributed by atoms with E-state index < -0.39 is 0 Å². The molecule has 1 heterocycles. The first-order valence-corrected chi connectivity index (χ1v) is 7.38. The molecule has 0 aromatic carbocycles. The van der Waals surface area contributed by atoms with Crippen LogP contribution in [-0.2, 0) is 17.7 Å². The Morgan fingerprint density at radius 1 is 1.37 bits per heavy atom. The van der Waals surface area contributed by atoms with E-state index in [0.717, 1.165) is 38.0 Å². The summed E-state index contributed by atoms with van der Waals surface area (Å²) in [5.41, 5.74) is 2.70. The Bertz CT molecular complexity index is 409. The van der Waals surface area contributed by atoms with Gasteiger partial charge in [-0.1, -0.05) is 13.8 Å². The second kappa shape index (κ2) is 6.10. The number of ether oxygens (including phenoxy) is 1. The number of unbranched alkanes of at least 4 members (excludes halogenated alkanes) is 2. The van der Waals surface area contributed by atoms with Gasteiger partial charge in [-0.25, -0.2) is 0 Å². The topological polar surface area (TPSA) is 34.4 Å². The van der Waals surface area contributed by atoms with Gasteiger partial charge in [0.2, 0.25) is 0 Å². The largest absolute Gasteiger partial charge is 0.388 e. The molecular formula is C16H27NO2. The minimum absolute atomic E-state index is 0.207. The number of fused-ring (bicyclic) bond motifs is 1. The molecule has 1 aromatic rings. The number of aliphatic hydroxyl groups is 1. The Labute approximate surface area is 116 Å². The number of rotatable bonds is 6. The van der Waals surface area contributed by atoms with Crippen LogP contribution in [-0.4, -0.2) is 23.4 Å². The van der Waals surface area contributed by atoms with Gasteiger partial charge in [-0.2, -0.15) is 0 Å². The molecule has 0 saturated heterocycles. The third kappa shape index (κ3) is 3.61. The van der Waals surface area contributed by atoms with Crippen LogP contribution in [0.2, 0.25) is 0 Å². The SMILES string of the molecule is COCCCCCn1ccc2c1CC(C)(C)CC2O. The number of aromatic nitrogens is 1. The van der Waals surface area contributed by atoms with Gasteiger partial charge in [0.25, 0.3) is 0 Å². The van der Waals surface area contributed by atoms with Gasteiger partial charge in [-0.05, 0) is 43.6 Å². The molecule has 0 fully saturated rings. The van der Waals surface area contributed by atoms with Gasteiger partial charge in [0.15, 0.2) is 0 Å². The van der Waals surface area contributed by atoms with Gasteiger partial charge >= 0.3 is 0 Å². The van der Waals surface area contributed by atoms with Crippen molar-refractivity contribution >= 4 is 0 Å². The first-order valence-electron chi connectivity index (χ1n) is 7.38. The fraction of sp³-hybridized carbons (Fsp3) is 0.750. The van der Waals surface area contributed by atoms with Gasteiger partial charge in [0.1, 0.15) is 0 Å². The van der Waals surface area contributed by atoms with Crippen molar-refractivity contribution in [3.63, 3.8) is 0 Å². The molecule has 1 aliphatic rings. The predicted molar refractivity (Wildman–Crippen MR) is 77.2 cm³/mol. The van der Waals surface area contributed by atoms with Crippen LogP contribution in [0.5, 0.6) is 0 Å². The molecule has 19 heavy (non-hydrogen) atoms. The molecule has 3 nitrogen and oxygen atoms in total. The van der Waals surface area contributed by atoms with Crippen LogP contribution in [0.3, 0.4) is 0 Å². The zero-order valence-electron chi connectivity index (χ0n) is 12.5. The van der Waals surface area contributed by atoms with Crippen molar-refractivity contribution in [3.05, 3.63) is 23.5 Å². The third-order valence-electron chi connectivity index (χ3n) is 4.11. The maximum Gasteiger partial charge on any atom is 0.0812 e. The molecule has 1 atom stereocenters. The van der Waals surface area contributed by atoms with E-state index in [1.165, 1.54) is 18.5 Å². The van der Waals surface area contributed by atoms with E-state index in [9.17, 15) is 5.11 Å². The van der Waals surface area contributed by atoms with Crippen molar-refractivity contribution in [1.82, 2.24) is 4.57 Å². The van der Waals surface area contributed by atoms with E-state index in [2.05, 4.69) is 30.7 Å². The molecule has 1 unspecified atom stereocenters. The maximum absolute atomic E-state index is 10.2. The Balaban J connectivity index is 1.96. The second-order valence-electron chi connectivity index (χ2n) is 6.53. The van der Waals surface area contributed by atoms with Crippen molar-refractivity contribution < 1.29 is 9.84 Å². The Morgan fingerprint density at radius 2 is 2.16 bits per heavy atom. The van der Waals surface area contributed by atoms with Gasteiger partial charge in [0, 0.05) is 37.7 Å². The number of hydrogen-bond acceptors (Lipinski definition) is 2. The average molecular weight is 265 g/mol. The number of methoxy groups -OCH3 is 1. The van der Waals surface area contributed by atoms with Crippen LogP contribution >= 0.6 is 0 Å². The lowest BCUT2D eigenvalue weighted by molar-refractivity contribution is 0.0979. The summed E-state index contributed by atoms with van der Waals surface area (Å²) in [6, 6.07) is 2.10. The van der Waals surface area contributed by atoms with Gasteiger partial charge in [0.05, 0.1) is 6.10 Å². The van der Waals surface area contributed by atoms with E-state index in [4.69, 9.17) is 4.74 Å². The second-order valence-corrected chi connectivity index (χ2v) is 6.53. The molecule has 1 aromatic heterocycles. The van der Waals surface area contributed by atoms with E-state index in [1.54, 1.807) is 7.11 Å². The van der Waals surface area contributed by atoms with Crippen LogP contribution < -0.4 is 0 Å². The lowest BCUT2D eigenvalue weighted by Crippen LogP contribution is -2.26. The molecule has 2 rings (SSSR count). The standard InChI is InChI=1S/C16H27NO2/c1-16(2)11-14-13(15(18)12-16)7-9-17(14)8-5-4-6-10-19-3/h7,9,15,18H,4-6,8,10-12H2,1-3H3. The summed E-state index contributed by atoms with van der Waals surface area (Å²) in [5, 5.41) is 10.2. The highest BCUT2D eigenvalue weighted by Gasteiger charge is 2.32. The van der Waals surface area contributed by atoms with Crippen LogP contribution in [0.15, 0.2) is 12.3 Å². The van der Waals surface area contributed by atoms with Crippen LogP contribution in [0, 0.1) is 5.41 Å². The molecule has 0 saturated carbocycles. The lowest BCUT2D eigenvalue weighted by atomic mass is 9.75. The summed E-state index contributed by atoms with van der Waals surface area (Å²) in [4.78, 5) is 0. The quantitative estimate of drug-likeness (QED) is 0.801. The minimum Gasteiger partial charge on any atom is -0.388 e. The van der Waals surface area contributed by atoms with E-state index >= 15 is 0 Å². The fourth-order valence-electron chi connectivity index (χ4n) is 3.10. The zero-order valence-corrected chi connectivity index (χ0v) is 12.5. The molecule has 0 amide bonds. The number of aliphatic hydroxyl groups excluding tert-OH is 1. The number of hydrogen-bond donors (Lipinski definition) is 1. The normalized spacial score (nSPS) is 21.4. The summed E-state index contributed by atoms with van der Waals surface area (Å²) in [6.45, 7) is 6.40. The first kappa shape index (κ1) is 14.6. The van der Waals surface area contributed by atoms with E-state index in [1.807, 2.05) is 0 Å². The van der Waals surface area contributed by atoms with E-state index in [0.29, 0.717) is 0 Å². The van der Waals surface area contributed by atoms with Gasteiger partial charge < -0.3 is 14.4 Å². The molecule has 3 heteroatoms. The fourth-order valence-corrected chi connectivity index (χ4v) is 3.10. The first-order chi connectivity index (χ1) is 9.03. The lowest BCUT2D eigenvalue weighted by Gasteiger charge is -2.34. The average Bonchev–Trinajstić information content (AvgIpc) is 2.71. The van der Waals surface area contributed by atoms with E-state index in [-0.39, 0.29) is 11.5 Å². The molecule has 0 spiro atoms. The van der Waals surface area contributed by atoms with Crippen LogP contribution in [0.25, 0.3) is 0 Å². The van der Waals surface area contributed by atoms with Crippen molar-refractivity contribution in [3.8, 4) is 0 Å². The summed E-state index contributed by atoms with van der Waals surface area (Å²) < 4.78 is 7.41. The summed E-state index contributed by atoms with van der Waals surface area (Å²) >= 11 is 0. The molecule has 0 radical (unpaired) electrons. The number of nitrogens with zero attached hydrogens (tertiary/aromatic N) is 1. The molecule has 108 valence electrons. The molecule has 0 bridgehead atoms. The highest BCUT2D eigenvalue weighted by molar-refractivity contribution is 5.29. The van der Waals surface area contributed by atoms with Gasteiger partial charge in [-0.15, -0.1) is 0 Å². The van der Waals surface area contributed by atoms with Crippen LogP contribution in [0.1, 0.15) is 56.9 Å². The summed E-state index contributed by atoms with van der Waals surface area (Å²) in [6.07, 6.45) is 7.32. The number of aryl methyl sites for hydroxylation is 1. The Morgan fingerprint density at radius 3 is 2.89 bits per heavy atom. The monoisotopic (exact) mass is 265 g/mol. The molecule has 0 aliphatic heterocycles. The molecule has 1 aliphatic carbocycles. The minimum atomic E-state index is -0.284. The molecule has 1 N–H and O–H groups in total. The Hall–Kier alpha value is -0.800. The van der Waals surface area contributed by atoms with Gasteiger partial charge in [-0.3, -0.25) is 0 Å². The smallest absolute Gasteiger partial charge is 0.0812 e. The molecular weight excluding hydrogens is 238 g/mol. The summed E-state index contributed by atoms with van der Waals surface area (Å²) in [7, 11) is 1.76. The van der Waals surface area contributed by atoms with Crippen molar-refractivity contribution in [2.75, 3.05) is 13.7 Å². The third-order valence-corrected chi connectivity index (χ3v) is 4.11. The zero-order chi connectivity index (χ0) is 13.9. The van der Waals surface area contributed by atoms with Crippen molar-refractivity contribution in [1.29, 1.82) is 0 Å².